The van der Waals surface area contributed by atoms with Crippen molar-refractivity contribution in [3.8, 4) is 0 Å². The van der Waals surface area contributed by atoms with Gasteiger partial charge >= 0.3 is 0 Å². The summed E-state index contributed by atoms with van der Waals surface area (Å²) in [7, 11) is 2.19. The predicted molar refractivity (Wildman–Crippen MR) is 82.3 cm³/mol. The molecule has 0 amide bonds. The average Bonchev–Trinajstić information content (AvgIpc) is 2.35. The Balaban J connectivity index is 1.92. The maximum atomic E-state index is 6.04. The van der Waals surface area contributed by atoms with Crippen LogP contribution >= 0.6 is 0 Å². The molecule has 0 fully saturated rings. The highest BCUT2D eigenvalue weighted by molar-refractivity contribution is 5.33. The van der Waals surface area contributed by atoms with E-state index in [9.17, 15) is 0 Å². The summed E-state index contributed by atoms with van der Waals surface area (Å²) in [6.07, 6.45) is 6.29. The molecule has 19 heavy (non-hydrogen) atoms. The summed E-state index contributed by atoms with van der Waals surface area (Å²) in [5, 5.41) is 0. The second-order valence-electron chi connectivity index (χ2n) is 6.79. The molecule has 0 spiro atoms. The van der Waals surface area contributed by atoms with Gasteiger partial charge in [0.15, 0.2) is 0 Å². The van der Waals surface area contributed by atoms with Gasteiger partial charge in [0.05, 0.1) is 0 Å². The first-order chi connectivity index (χ1) is 8.94. The second kappa shape index (κ2) is 6.06. The lowest BCUT2D eigenvalue weighted by molar-refractivity contribution is 0.289. The molecule has 0 aliphatic heterocycles. The first-order valence-electron chi connectivity index (χ1n) is 7.52. The van der Waals surface area contributed by atoms with Gasteiger partial charge in [-0.15, -0.1) is 0 Å². The molecule has 0 bridgehead atoms. The molecule has 2 heteroatoms. The van der Waals surface area contributed by atoms with E-state index in [4.69, 9.17) is 5.73 Å². The van der Waals surface area contributed by atoms with Gasteiger partial charge in [0.25, 0.3) is 0 Å². The fourth-order valence-electron chi connectivity index (χ4n) is 2.75. The van der Waals surface area contributed by atoms with Crippen molar-refractivity contribution in [2.75, 3.05) is 13.6 Å². The Bertz CT molecular complexity index is 418. The van der Waals surface area contributed by atoms with Crippen LogP contribution in [0.25, 0.3) is 0 Å². The number of benzene rings is 1. The largest absolute Gasteiger partial charge is 0.326 e. The van der Waals surface area contributed by atoms with Crippen molar-refractivity contribution in [1.29, 1.82) is 0 Å². The Labute approximate surface area is 118 Å². The van der Waals surface area contributed by atoms with Crippen LogP contribution in [0.15, 0.2) is 18.2 Å². The molecule has 106 valence electrons. The highest BCUT2D eigenvalue weighted by Gasteiger charge is 2.13. The van der Waals surface area contributed by atoms with Crippen molar-refractivity contribution in [1.82, 2.24) is 4.90 Å². The van der Waals surface area contributed by atoms with Gasteiger partial charge in [0.2, 0.25) is 0 Å². The summed E-state index contributed by atoms with van der Waals surface area (Å²) in [6.45, 7) is 6.28. The van der Waals surface area contributed by atoms with E-state index >= 15 is 0 Å². The number of fused-ring (bicyclic) bond motifs is 1. The summed E-state index contributed by atoms with van der Waals surface area (Å²) >= 11 is 0. The van der Waals surface area contributed by atoms with Crippen molar-refractivity contribution >= 4 is 0 Å². The van der Waals surface area contributed by atoms with Crippen LogP contribution in [0.1, 0.15) is 49.8 Å². The van der Waals surface area contributed by atoms with Crippen LogP contribution in [-0.4, -0.2) is 24.0 Å². The highest BCUT2D eigenvalue weighted by Crippen LogP contribution is 2.22. The zero-order valence-electron chi connectivity index (χ0n) is 12.7. The fourth-order valence-corrected chi connectivity index (χ4v) is 2.75. The third-order valence-corrected chi connectivity index (χ3v) is 4.00. The number of hydrogen-bond donors (Lipinski definition) is 1. The van der Waals surface area contributed by atoms with Gasteiger partial charge in [-0.1, -0.05) is 18.2 Å². The maximum absolute atomic E-state index is 6.04. The Morgan fingerprint density at radius 3 is 2.53 bits per heavy atom. The average molecular weight is 260 g/mol. The second-order valence-corrected chi connectivity index (χ2v) is 6.79. The lowest BCUT2D eigenvalue weighted by atomic mass is 9.90. The Morgan fingerprint density at radius 2 is 1.84 bits per heavy atom. The SMILES string of the molecule is CN(CCC(C)(C)N)Cc1ccc2c(c1)CCCC2. The molecule has 1 aliphatic carbocycles. The van der Waals surface area contributed by atoms with Gasteiger partial charge in [-0.05, 0) is 76.2 Å². The minimum absolute atomic E-state index is 0.0654. The molecule has 0 aromatic heterocycles. The molecule has 0 saturated carbocycles. The summed E-state index contributed by atoms with van der Waals surface area (Å²) < 4.78 is 0. The monoisotopic (exact) mass is 260 g/mol. The third-order valence-electron chi connectivity index (χ3n) is 4.00. The number of nitrogens with two attached hydrogens (primary N) is 1. The smallest absolute Gasteiger partial charge is 0.0230 e. The highest BCUT2D eigenvalue weighted by atomic mass is 15.1. The van der Waals surface area contributed by atoms with Crippen LogP contribution in [0.4, 0.5) is 0 Å². The molecule has 2 rings (SSSR count). The molecule has 2 N–H and O–H groups in total. The van der Waals surface area contributed by atoms with Crippen LogP contribution in [0.3, 0.4) is 0 Å². The molecular formula is C17H28N2. The molecule has 0 unspecified atom stereocenters. The predicted octanol–water partition coefficient (Wildman–Crippen LogP) is 3.12. The topological polar surface area (TPSA) is 29.3 Å². The first-order valence-corrected chi connectivity index (χ1v) is 7.52. The molecule has 0 heterocycles. The van der Waals surface area contributed by atoms with Crippen molar-refractivity contribution in [2.24, 2.45) is 5.73 Å². The third kappa shape index (κ3) is 4.63. The van der Waals surface area contributed by atoms with Crippen LogP contribution in [0, 0.1) is 0 Å². The molecule has 1 aromatic carbocycles. The van der Waals surface area contributed by atoms with E-state index in [0.29, 0.717) is 0 Å². The number of aryl methyl sites for hydroxylation is 2. The zero-order valence-corrected chi connectivity index (χ0v) is 12.7. The van der Waals surface area contributed by atoms with E-state index < -0.39 is 0 Å². The lowest BCUT2D eigenvalue weighted by Gasteiger charge is -2.24. The molecule has 0 atom stereocenters. The van der Waals surface area contributed by atoms with E-state index in [1.807, 2.05) is 0 Å². The Morgan fingerprint density at radius 1 is 1.16 bits per heavy atom. The van der Waals surface area contributed by atoms with E-state index in [2.05, 4.69) is 44.0 Å². The Hall–Kier alpha value is -0.860. The summed E-state index contributed by atoms with van der Waals surface area (Å²) in [5.74, 6) is 0. The quantitative estimate of drug-likeness (QED) is 0.881. The van der Waals surface area contributed by atoms with Crippen LogP contribution in [0.2, 0.25) is 0 Å². The zero-order chi connectivity index (χ0) is 13.9. The normalized spacial score (nSPS) is 15.6. The van der Waals surface area contributed by atoms with E-state index in [1.54, 1.807) is 11.1 Å². The van der Waals surface area contributed by atoms with Crippen molar-refractivity contribution in [3.63, 3.8) is 0 Å². The minimum atomic E-state index is -0.0654. The van der Waals surface area contributed by atoms with Gasteiger partial charge < -0.3 is 10.6 Å². The molecule has 1 aromatic rings. The standard InChI is InChI=1S/C17H28N2/c1-17(2,18)10-11-19(3)13-14-8-9-15-6-4-5-7-16(15)12-14/h8-9,12H,4-7,10-11,13,18H2,1-3H3. The first kappa shape index (κ1) is 14.5. The lowest BCUT2D eigenvalue weighted by Crippen LogP contribution is -2.36. The van der Waals surface area contributed by atoms with Crippen molar-refractivity contribution in [2.45, 2.75) is 58.0 Å². The summed E-state index contributed by atoms with van der Waals surface area (Å²) in [4.78, 5) is 2.37. The number of hydrogen-bond acceptors (Lipinski definition) is 2. The van der Waals surface area contributed by atoms with E-state index in [1.165, 1.54) is 31.2 Å². The van der Waals surface area contributed by atoms with Gasteiger partial charge in [-0.3, -0.25) is 0 Å². The van der Waals surface area contributed by atoms with Crippen molar-refractivity contribution < 1.29 is 0 Å². The molecule has 0 radical (unpaired) electrons. The van der Waals surface area contributed by atoms with Gasteiger partial charge in [0, 0.05) is 12.1 Å². The molecule has 2 nitrogen and oxygen atoms in total. The van der Waals surface area contributed by atoms with Gasteiger partial charge in [-0.25, -0.2) is 0 Å². The minimum Gasteiger partial charge on any atom is -0.326 e. The molecular weight excluding hydrogens is 232 g/mol. The number of nitrogens with zero attached hydrogens (tertiary/aromatic N) is 1. The van der Waals surface area contributed by atoms with Gasteiger partial charge in [0.1, 0.15) is 0 Å². The number of rotatable bonds is 5. The fraction of sp³-hybridized carbons (Fsp3) is 0.647. The maximum Gasteiger partial charge on any atom is 0.0230 e. The van der Waals surface area contributed by atoms with Crippen LogP contribution in [0.5, 0.6) is 0 Å². The van der Waals surface area contributed by atoms with Crippen LogP contribution in [-0.2, 0) is 19.4 Å². The summed E-state index contributed by atoms with van der Waals surface area (Å²) in [5.41, 5.74) is 10.6. The summed E-state index contributed by atoms with van der Waals surface area (Å²) in [6, 6.07) is 7.05. The van der Waals surface area contributed by atoms with E-state index in [0.717, 1.165) is 19.5 Å². The van der Waals surface area contributed by atoms with E-state index in [-0.39, 0.29) is 5.54 Å². The Kier molecular flexibility index (Phi) is 4.64. The van der Waals surface area contributed by atoms with Crippen molar-refractivity contribution in [3.05, 3.63) is 34.9 Å². The van der Waals surface area contributed by atoms with Gasteiger partial charge in [-0.2, -0.15) is 0 Å². The molecule has 1 aliphatic rings. The van der Waals surface area contributed by atoms with Crippen LogP contribution < -0.4 is 5.73 Å². The molecule has 0 saturated heterocycles.